The van der Waals surface area contributed by atoms with Gasteiger partial charge in [-0.15, -0.1) is 0 Å². The molecule has 0 rings (SSSR count). The van der Waals surface area contributed by atoms with Gasteiger partial charge in [0.1, 0.15) is 0 Å². The average molecular weight is 212 g/mol. The van der Waals surface area contributed by atoms with Crippen LogP contribution in [-0.4, -0.2) is 36.6 Å². The van der Waals surface area contributed by atoms with Crippen molar-refractivity contribution < 1.29 is 0 Å². The topological polar surface area (TPSA) is 15.3 Å². The van der Waals surface area contributed by atoms with E-state index in [0.717, 1.165) is 13.1 Å². The molecule has 2 nitrogen and oxygen atoms in total. The van der Waals surface area contributed by atoms with Crippen molar-refractivity contribution in [1.29, 1.82) is 0 Å². The van der Waals surface area contributed by atoms with Gasteiger partial charge in [-0.2, -0.15) is 0 Å². The van der Waals surface area contributed by atoms with E-state index in [-0.39, 0.29) is 5.54 Å². The fourth-order valence-electron chi connectivity index (χ4n) is 2.21. The lowest BCUT2D eigenvalue weighted by Gasteiger charge is -2.42. The minimum Gasteiger partial charge on any atom is -0.312 e. The van der Waals surface area contributed by atoms with E-state index in [2.05, 4.69) is 57.8 Å². The fourth-order valence-corrected chi connectivity index (χ4v) is 2.21. The minimum atomic E-state index is 0.162. The normalized spacial score (nSPS) is 14.1. The lowest BCUT2D eigenvalue weighted by atomic mass is 9.91. The van der Waals surface area contributed by atoms with Crippen LogP contribution in [0, 0.1) is 0 Å². The van der Waals surface area contributed by atoms with E-state index < -0.39 is 0 Å². The summed E-state index contributed by atoms with van der Waals surface area (Å²) in [6, 6.07) is 0.405. The molecule has 0 aliphatic rings. The predicted molar refractivity (Wildman–Crippen MR) is 69.3 cm³/mol. The van der Waals surface area contributed by atoms with Crippen LogP contribution in [0.2, 0.25) is 0 Å². The number of hydrogen-bond acceptors (Lipinski definition) is 2. The molecule has 1 N–H and O–H groups in total. The molecule has 15 heavy (non-hydrogen) atoms. The van der Waals surface area contributed by atoms with Crippen molar-refractivity contribution in [3.63, 3.8) is 0 Å². The Hall–Kier alpha value is -0.340. The van der Waals surface area contributed by atoms with E-state index in [1.165, 1.54) is 5.57 Å². The third-order valence-electron chi connectivity index (χ3n) is 3.15. The van der Waals surface area contributed by atoms with Gasteiger partial charge in [-0.1, -0.05) is 25.5 Å². The summed E-state index contributed by atoms with van der Waals surface area (Å²) in [6.07, 6.45) is 2.32. The smallest absolute Gasteiger partial charge is 0.0431 e. The van der Waals surface area contributed by atoms with Crippen LogP contribution in [-0.2, 0) is 0 Å². The second-order valence-electron chi connectivity index (χ2n) is 4.84. The van der Waals surface area contributed by atoms with Crippen molar-refractivity contribution in [2.24, 2.45) is 0 Å². The molecule has 2 heteroatoms. The summed E-state index contributed by atoms with van der Waals surface area (Å²) in [5.74, 6) is 0. The number of nitrogens with zero attached hydrogens (tertiary/aromatic N) is 1. The van der Waals surface area contributed by atoms with Crippen LogP contribution in [0.5, 0.6) is 0 Å². The van der Waals surface area contributed by atoms with Crippen molar-refractivity contribution >= 4 is 0 Å². The first-order valence-corrected chi connectivity index (χ1v) is 5.97. The number of allylic oxidation sites excluding steroid dienone is 1. The number of rotatable bonds is 6. The first kappa shape index (κ1) is 14.7. The molecule has 0 bridgehead atoms. The molecule has 0 aromatic heterocycles. The summed E-state index contributed by atoms with van der Waals surface area (Å²) >= 11 is 0. The van der Waals surface area contributed by atoms with Gasteiger partial charge in [0.05, 0.1) is 0 Å². The van der Waals surface area contributed by atoms with Crippen molar-refractivity contribution in [2.75, 3.05) is 20.1 Å². The van der Waals surface area contributed by atoms with Crippen LogP contribution in [0.1, 0.15) is 41.5 Å². The monoisotopic (exact) mass is 212 g/mol. The second-order valence-corrected chi connectivity index (χ2v) is 4.84. The van der Waals surface area contributed by atoms with Gasteiger partial charge >= 0.3 is 0 Å². The maximum absolute atomic E-state index is 3.40. The molecule has 90 valence electrons. The Kier molecular flexibility index (Phi) is 6.15. The Labute approximate surface area is 95.7 Å². The van der Waals surface area contributed by atoms with Gasteiger partial charge in [0, 0.05) is 11.6 Å². The van der Waals surface area contributed by atoms with Gasteiger partial charge in [0.15, 0.2) is 0 Å². The molecule has 0 aliphatic carbocycles. The van der Waals surface area contributed by atoms with Crippen molar-refractivity contribution in [3.8, 4) is 0 Å². The molecule has 0 heterocycles. The quantitative estimate of drug-likeness (QED) is 0.681. The molecule has 0 radical (unpaired) electrons. The number of nitrogens with one attached hydrogen (secondary N) is 1. The zero-order valence-electron chi connectivity index (χ0n) is 11.5. The maximum Gasteiger partial charge on any atom is 0.0431 e. The van der Waals surface area contributed by atoms with Crippen LogP contribution in [0.25, 0.3) is 0 Å². The molecule has 0 spiro atoms. The van der Waals surface area contributed by atoms with E-state index in [4.69, 9.17) is 0 Å². The third-order valence-corrected chi connectivity index (χ3v) is 3.15. The molecule has 0 saturated carbocycles. The van der Waals surface area contributed by atoms with Gasteiger partial charge < -0.3 is 5.32 Å². The standard InChI is InChI=1S/C13H28N2/c1-8-15(9-2)13(5,6)12(14-7)10-11(3)4/h10,12,14H,8-9H2,1-7H3. The van der Waals surface area contributed by atoms with Crippen molar-refractivity contribution in [1.82, 2.24) is 10.2 Å². The lowest BCUT2D eigenvalue weighted by Crippen LogP contribution is -2.56. The Morgan fingerprint density at radius 2 is 1.73 bits per heavy atom. The summed E-state index contributed by atoms with van der Waals surface area (Å²) < 4.78 is 0. The van der Waals surface area contributed by atoms with Crippen LogP contribution in [0.4, 0.5) is 0 Å². The Balaban J connectivity index is 4.85. The molecule has 1 unspecified atom stereocenters. The SMILES string of the molecule is CCN(CC)C(C)(C)C(C=C(C)C)NC. The summed E-state index contributed by atoms with van der Waals surface area (Å²) in [5.41, 5.74) is 1.53. The Bertz CT molecular complexity index is 199. The van der Waals surface area contributed by atoms with E-state index in [0.29, 0.717) is 6.04 Å². The van der Waals surface area contributed by atoms with Gasteiger partial charge in [0.25, 0.3) is 0 Å². The molecule has 0 amide bonds. The molecule has 0 saturated heterocycles. The van der Waals surface area contributed by atoms with E-state index in [1.54, 1.807) is 0 Å². The van der Waals surface area contributed by atoms with Crippen LogP contribution >= 0.6 is 0 Å². The molecular weight excluding hydrogens is 184 g/mol. The summed E-state index contributed by atoms with van der Waals surface area (Å²) in [6.45, 7) is 15.6. The molecule has 0 fully saturated rings. The largest absolute Gasteiger partial charge is 0.312 e. The second kappa shape index (κ2) is 6.29. The van der Waals surface area contributed by atoms with Gasteiger partial charge in [-0.05, 0) is 47.8 Å². The first-order valence-electron chi connectivity index (χ1n) is 5.97. The zero-order valence-corrected chi connectivity index (χ0v) is 11.5. The lowest BCUT2D eigenvalue weighted by molar-refractivity contribution is 0.111. The highest BCUT2D eigenvalue weighted by Gasteiger charge is 2.31. The Morgan fingerprint density at radius 1 is 1.27 bits per heavy atom. The average Bonchev–Trinajstić information content (AvgIpc) is 2.15. The van der Waals surface area contributed by atoms with Crippen molar-refractivity contribution in [3.05, 3.63) is 11.6 Å². The van der Waals surface area contributed by atoms with Gasteiger partial charge in [0.2, 0.25) is 0 Å². The Morgan fingerprint density at radius 3 is 2.00 bits per heavy atom. The predicted octanol–water partition coefficient (Wildman–Crippen LogP) is 2.66. The highest BCUT2D eigenvalue weighted by Crippen LogP contribution is 2.20. The van der Waals surface area contributed by atoms with E-state index >= 15 is 0 Å². The number of likely N-dealkylation sites (N-methyl/N-ethyl adjacent to an activating group) is 2. The third kappa shape index (κ3) is 3.96. The van der Waals surface area contributed by atoms with Crippen molar-refractivity contribution in [2.45, 2.75) is 53.1 Å². The minimum absolute atomic E-state index is 0.162. The zero-order chi connectivity index (χ0) is 12.1. The highest BCUT2D eigenvalue weighted by molar-refractivity contribution is 5.09. The molecule has 0 aromatic rings. The molecule has 1 atom stereocenters. The van der Waals surface area contributed by atoms with Crippen LogP contribution < -0.4 is 5.32 Å². The molecular formula is C13H28N2. The van der Waals surface area contributed by atoms with Gasteiger partial charge in [-0.25, -0.2) is 0 Å². The first-order chi connectivity index (χ1) is 6.89. The summed E-state index contributed by atoms with van der Waals surface area (Å²) in [7, 11) is 2.04. The highest BCUT2D eigenvalue weighted by atomic mass is 15.2. The van der Waals surface area contributed by atoms with Gasteiger partial charge in [-0.3, -0.25) is 4.90 Å². The van der Waals surface area contributed by atoms with Crippen LogP contribution in [0.15, 0.2) is 11.6 Å². The van der Waals surface area contributed by atoms with Crippen LogP contribution in [0.3, 0.4) is 0 Å². The number of hydrogen-bond donors (Lipinski definition) is 1. The van der Waals surface area contributed by atoms with E-state index in [9.17, 15) is 0 Å². The fraction of sp³-hybridized carbons (Fsp3) is 0.846. The summed E-state index contributed by atoms with van der Waals surface area (Å²) in [4.78, 5) is 2.49. The summed E-state index contributed by atoms with van der Waals surface area (Å²) in [5, 5.41) is 3.40. The molecule has 0 aromatic carbocycles. The maximum atomic E-state index is 3.40. The van der Waals surface area contributed by atoms with E-state index in [1.807, 2.05) is 7.05 Å². The molecule has 0 aliphatic heterocycles.